The zero-order valence-electron chi connectivity index (χ0n) is 14.7. The summed E-state index contributed by atoms with van der Waals surface area (Å²) in [6.45, 7) is 2.68. The summed E-state index contributed by atoms with van der Waals surface area (Å²) in [5.74, 6) is -0.929. The Kier molecular flexibility index (Phi) is 5.49. The van der Waals surface area contributed by atoms with Crippen LogP contribution in [-0.4, -0.2) is 26.0 Å². The first-order chi connectivity index (χ1) is 12.6. The van der Waals surface area contributed by atoms with Gasteiger partial charge in [0.1, 0.15) is 0 Å². The average Bonchev–Trinajstić information content (AvgIpc) is 3.04. The van der Waals surface area contributed by atoms with Crippen LogP contribution in [0.5, 0.6) is 0 Å². The van der Waals surface area contributed by atoms with Crippen LogP contribution in [0.4, 0.5) is 0 Å². The Labute approximate surface area is 152 Å². The van der Waals surface area contributed by atoms with Gasteiger partial charge >= 0.3 is 5.97 Å². The van der Waals surface area contributed by atoms with Crippen LogP contribution in [0.3, 0.4) is 0 Å². The number of hydrogen-bond donors (Lipinski definition) is 2. The topological polar surface area (TPSA) is 75.4 Å². The molecule has 0 unspecified atom stereocenters. The zero-order valence-corrected chi connectivity index (χ0v) is 14.7. The van der Waals surface area contributed by atoms with Gasteiger partial charge in [-0.05, 0) is 35.2 Å². The molecule has 0 bridgehead atoms. The Morgan fingerprint density at radius 3 is 2.50 bits per heavy atom. The number of carboxylic acids is 1. The molecule has 2 N–H and O–H groups in total. The SMILES string of the molecule is CCCc1cc(CO)nn1Cc1ccc(-c2ccccc2C(=O)O)cc1. The molecule has 0 spiro atoms. The number of aryl methyl sites for hydroxylation is 1. The van der Waals surface area contributed by atoms with Crippen LogP contribution in [0.15, 0.2) is 54.6 Å². The molecule has 134 valence electrons. The van der Waals surface area contributed by atoms with Gasteiger partial charge in [-0.2, -0.15) is 5.10 Å². The van der Waals surface area contributed by atoms with Gasteiger partial charge in [-0.1, -0.05) is 55.8 Å². The van der Waals surface area contributed by atoms with Gasteiger partial charge in [0.25, 0.3) is 0 Å². The fourth-order valence-corrected chi connectivity index (χ4v) is 3.07. The van der Waals surface area contributed by atoms with Gasteiger partial charge in [0.05, 0.1) is 24.4 Å². The molecule has 0 fully saturated rings. The molecular formula is C21H22N2O3. The molecule has 5 heteroatoms. The van der Waals surface area contributed by atoms with Crippen LogP contribution < -0.4 is 0 Å². The summed E-state index contributed by atoms with van der Waals surface area (Å²) in [7, 11) is 0. The van der Waals surface area contributed by atoms with Crippen LogP contribution >= 0.6 is 0 Å². The molecule has 0 aliphatic rings. The Morgan fingerprint density at radius 1 is 1.12 bits per heavy atom. The summed E-state index contributed by atoms with van der Waals surface area (Å²) in [4.78, 5) is 11.4. The van der Waals surface area contributed by atoms with Crippen molar-refractivity contribution >= 4 is 5.97 Å². The molecule has 1 aromatic heterocycles. The lowest BCUT2D eigenvalue weighted by atomic mass is 9.99. The predicted molar refractivity (Wildman–Crippen MR) is 100 cm³/mol. The summed E-state index contributed by atoms with van der Waals surface area (Å²) >= 11 is 0. The predicted octanol–water partition coefficient (Wildman–Crippen LogP) is 3.74. The highest BCUT2D eigenvalue weighted by molar-refractivity contribution is 5.95. The van der Waals surface area contributed by atoms with Crippen LogP contribution in [0.2, 0.25) is 0 Å². The molecule has 0 aliphatic carbocycles. The lowest BCUT2D eigenvalue weighted by Gasteiger charge is -2.09. The van der Waals surface area contributed by atoms with Crippen molar-refractivity contribution < 1.29 is 15.0 Å². The van der Waals surface area contributed by atoms with Crippen LogP contribution in [0, 0.1) is 0 Å². The molecule has 1 heterocycles. The molecule has 0 radical (unpaired) electrons. The molecule has 26 heavy (non-hydrogen) atoms. The first kappa shape index (κ1) is 17.9. The van der Waals surface area contributed by atoms with Crippen molar-refractivity contribution in [2.75, 3.05) is 0 Å². The summed E-state index contributed by atoms with van der Waals surface area (Å²) < 4.78 is 1.93. The van der Waals surface area contributed by atoms with E-state index in [0.29, 0.717) is 23.4 Å². The number of aromatic carboxylic acids is 1. The van der Waals surface area contributed by atoms with Crippen molar-refractivity contribution in [3.05, 3.63) is 77.1 Å². The monoisotopic (exact) mass is 350 g/mol. The van der Waals surface area contributed by atoms with Gasteiger partial charge < -0.3 is 10.2 Å². The number of rotatable bonds is 7. The summed E-state index contributed by atoms with van der Waals surface area (Å²) in [5, 5.41) is 23.1. The number of hydrogen-bond acceptors (Lipinski definition) is 3. The zero-order chi connectivity index (χ0) is 18.5. The number of aromatic nitrogens is 2. The van der Waals surface area contributed by atoms with Crippen LogP contribution in [0.25, 0.3) is 11.1 Å². The average molecular weight is 350 g/mol. The third-order valence-electron chi connectivity index (χ3n) is 4.34. The summed E-state index contributed by atoms with van der Waals surface area (Å²) in [6.07, 6.45) is 1.93. The van der Waals surface area contributed by atoms with E-state index >= 15 is 0 Å². The molecule has 0 saturated heterocycles. The number of benzene rings is 2. The first-order valence-corrected chi connectivity index (χ1v) is 8.70. The van der Waals surface area contributed by atoms with Crippen molar-refractivity contribution in [3.63, 3.8) is 0 Å². The molecule has 0 saturated carbocycles. The van der Waals surface area contributed by atoms with Gasteiger partial charge in [-0.3, -0.25) is 4.68 Å². The van der Waals surface area contributed by atoms with Gasteiger partial charge in [-0.25, -0.2) is 4.79 Å². The first-order valence-electron chi connectivity index (χ1n) is 8.70. The Hall–Kier alpha value is -2.92. The fraction of sp³-hybridized carbons (Fsp3) is 0.238. The van der Waals surface area contributed by atoms with Crippen molar-refractivity contribution in [1.82, 2.24) is 9.78 Å². The number of aliphatic hydroxyl groups is 1. The van der Waals surface area contributed by atoms with E-state index in [1.54, 1.807) is 12.1 Å². The van der Waals surface area contributed by atoms with Gasteiger partial charge in [0.15, 0.2) is 0 Å². The van der Waals surface area contributed by atoms with E-state index in [1.807, 2.05) is 47.1 Å². The molecule has 3 rings (SSSR count). The number of carboxylic acid groups (broad SMARTS) is 1. The lowest BCUT2D eigenvalue weighted by Crippen LogP contribution is -2.06. The quantitative estimate of drug-likeness (QED) is 0.681. The van der Waals surface area contributed by atoms with Crippen molar-refractivity contribution in [2.45, 2.75) is 32.9 Å². The van der Waals surface area contributed by atoms with Crippen LogP contribution in [0.1, 0.15) is 40.7 Å². The third kappa shape index (κ3) is 3.83. The molecule has 2 aromatic carbocycles. The minimum absolute atomic E-state index is 0.0609. The van der Waals surface area contributed by atoms with E-state index in [4.69, 9.17) is 0 Å². The van der Waals surface area contributed by atoms with E-state index in [2.05, 4.69) is 12.0 Å². The maximum atomic E-state index is 11.4. The van der Waals surface area contributed by atoms with Gasteiger partial charge in [0.2, 0.25) is 0 Å². The highest BCUT2D eigenvalue weighted by atomic mass is 16.4. The number of nitrogens with zero attached hydrogens (tertiary/aromatic N) is 2. The van der Waals surface area contributed by atoms with Crippen LogP contribution in [-0.2, 0) is 19.6 Å². The minimum Gasteiger partial charge on any atom is -0.478 e. The van der Waals surface area contributed by atoms with E-state index in [1.165, 1.54) is 0 Å². The molecule has 0 atom stereocenters. The molecular weight excluding hydrogens is 328 g/mol. The standard InChI is InChI=1S/C21H22N2O3/c1-2-5-18-12-17(14-24)22-23(18)13-15-8-10-16(11-9-15)19-6-3-4-7-20(19)21(25)26/h3-4,6-12,24H,2,5,13-14H2,1H3,(H,25,26). The summed E-state index contributed by atoms with van der Waals surface area (Å²) in [5.41, 5.74) is 4.74. The smallest absolute Gasteiger partial charge is 0.336 e. The van der Waals surface area contributed by atoms with Crippen molar-refractivity contribution in [3.8, 4) is 11.1 Å². The Morgan fingerprint density at radius 2 is 1.85 bits per heavy atom. The maximum absolute atomic E-state index is 11.4. The fourth-order valence-electron chi connectivity index (χ4n) is 3.07. The maximum Gasteiger partial charge on any atom is 0.336 e. The largest absolute Gasteiger partial charge is 0.478 e. The van der Waals surface area contributed by atoms with E-state index < -0.39 is 5.97 Å². The minimum atomic E-state index is -0.929. The molecule has 0 aliphatic heterocycles. The highest BCUT2D eigenvalue weighted by Gasteiger charge is 2.11. The molecule has 3 aromatic rings. The van der Waals surface area contributed by atoms with Gasteiger partial charge in [0, 0.05) is 5.69 Å². The molecule has 5 nitrogen and oxygen atoms in total. The molecule has 0 amide bonds. The Balaban J connectivity index is 1.85. The second-order valence-electron chi connectivity index (χ2n) is 6.24. The van der Waals surface area contributed by atoms with Crippen molar-refractivity contribution in [2.24, 2.45) is 0 Å². The second-order valence-corrected chi connectivity index (χ2v) is 6.24. The van der Waals surface area contributed by atoms with E-state index in [0.717, 1.165) is 29.7 Å². The lowest BCUT2D eigenvalue weighted by molar-refractivity contribution is 0.0697. The highest BCUT2D eigenvalue weighted by Crippen LogP contribution is 2.24. The number of aliphatic hydroxyl groups excluding tert-OH is 1. The normalized spacial score (nSPS) is 10.8. The van der Waals surface area contributed by atoms with E-state index in [9.17, 15) is 15.0 Å². The summed E-state index contributed by atoms with van der Waals surface area (Å²) in [6, 6.07) is 16.8. The number of carbonyl (C=O) groups is 1. The second kappa shape index (κ2) is 7.97. The van der Waals surface area contributed by atoms with E-state index in [-0.39, 0.29) is 6.61 Å². The third-order valence-corrected chi connectivity index (χ3v) is 4.34. The van der Waals surface area contributed by atoms with Gasteiger partial charge in [-0.15, -0.1) is 0 Å². The van der Waals surface area contributed by atoms with Crippen molar-refractivity contribution in [1.29, 1.82) is 0 Å². The Bertz CT molecular complexity index is 898.